The summed E-state index contributed by atoms with van der Waals surface area (Å²) in [5.74, 6) is 5.65. The molecule has 0 fully saturated rings. The van der Waals surface area contributed by atoms with E-state index in [1.165, 1.54) is 25.3 Å². The molecular weight excluding hydrogens is 108 g/mol. The molecule has 9 heavy (non-hydrogen) atoms. The van der Waals surface area contributed by atoms with Crippen LogP contribution >= 0.6 is 0 Å². The van der Waals surface area contributed by atoms with Crippen molar-refractivity contribution in [2.24, 2.45) is 0 Å². The van der Waals surface area contributed by atoms with E-state index in [1.54, 1.807) is 0 Å². The van der Waals surface area contributed by atoms with Gasteiger partial charge in [0, 0.05) is 6.42 Å². The van der Waals surface area contributed by atoms with Crippen LogP contribution in [0.3, 0.4) is 0 Å². The molecule has 0 nitrogen and oxygen atoms in total. The monoisotopic (exact) mass is 121 g/mol. The predicted octanol–water partition coefficient (Wildman–Crippen LogP) is 2.56. The average Bonchev–Trinajstić information content (AvgIpc) is 1.89. The average molecular weight is 121 g/mol. The van der Waals surface area contributed by atoms with Crippen LogP contribution < -0.4 is 0 Å². The van der Waals surface area contributed by atoms with Crippen molar-refractivity contribution >= 4 is 0 Å². The Morgan fingerprint density at radius 1 is 1.44 bits per heavy atom. The Morgan fingerprint density at radius 3 is 2.78 bits per heavy atom. The molecule has 0 heteroatoms. The van der Waals surface area contributed by atoms with Crippen LogP contribution in [0.2, 0.25) is 0 Å². The first-order chi connectivity index (χ1) is 4.41. The van der Waals surface area contributed by atoms with E-state index < -0.39 is 0 Å². The maximum absolute atomic E-state index is 5.04. The third kappa shape index (κ3) is 7.30. The van der Waals surface area contributed by atoms with Crippen molar-refractivity contribution in [2.75, 3.05) is 0 Å². The zero-order valence-corrected chi connectivity index (χ0v) is 5.98. The minimum absolute atomic E-state index is 0.988. The molecule has 0 saturated heterocycles. The van der Waals surface area contributed by atoms with Crippen molar-refractivity contribution in [3.63, 3.8) is 0 Å². The lowest BCUT2D eigenvalue weighted by atomic mass is 10.2. The van der Waals surface area contributed by atoms with E-state index in [0.717, 1.165) is 6.42 Å². The summed E-state index contributed by atoms with van der Waals surface area (Å²) < 4.78 is 0. The van der Waals surface area contributed by atoms with Gasteiger partial charge in [0.25, 0.3) is 0 Å². The van der Waals surface area contributed by atoms with Gasteiger partial charge >= 0.3 is 0 Å². The molecule has 0 heterocycles. The fourth-order valence-corrected chi connectivity index (χ4v) is 0.594. The van der Waals surface area contributed by atoms with Crippen LogP contribution in [0.4, 0.5) is 0 Å². The molecule has 1 radical (unpaired) electrons. The highest BCUT2D eigenvalue weighted by Gasteiger charge is 1.78. The van der Waals surface area contributed by atoms with Gasteiger partial charge < -0.3 is 0 Å². The van der Waals surface area contributed by atoms with Gasteiger partial charge in [-0.2, -0.15) is 0 Å². The number of allylic oxidation sites excluding steroid dienone is 1. The highest BCUT2D eigenvalue weighted by atomic mass is 13.8. The molecule has 0 aliphatic rings. The summed E-state index contributed by atoms with van der Waals surface area (Å²) in [6.07, 6.45) is 6.12. The number of hydrogen-bond donors (Lipinski definition) is 0. The molecule has 0 N–H and O–H groups in total. The molecule has 0 aliphatic heterocycles. The van der Waals surface area contributed by atoms with Gasteiger partial charge in [0.1, 0.15) is 0 Å². The molecule has 0 atom stereocenters. The van der Waals surface area contributed by atoms with Crippen LogP contribution in [0.15, 0.2) is 6.08 Å². The van der Waals surface area contributed by atoms with E-state index in [4.69, 9.17) is 6.58 Å². The normalized spacial score (nSPS) is 7.67. The summed E-state index contributed by atoms with van der Waals surface area (Å²) in [5.41, 5.74) is 0. The van der Waals surface area contributed by atoms with Crippen LogP contribution in [0.5, 0.6) is 0 Å². The largest absolute Gasteiger partial charge is 0.0985 e. The molecule has 0 unspecified atom stereocenters. The molecule has 0 rings (SSSR count). The van der Waals surface area contributed by atoms with E-state index in [0.29, 0.717) is 0 Å². The van der Waals surface area contributed by atoms with E-state index in [9.17, 15) is 0 Å². The molecular formula is C9H13. The molecule has 49 valence electrons. The van der Waals surface area contributed by atoms with E-state index in [1.807, 2.05) is 0 Å². The van der Waals surface area contributed by atoms with Crippen molar-refractivity contribution in [3.05, 3.63) is 12.7 Å². The standard InChI is InChI=1S/C9H13/c1-3-5-7-9-8-6-4-2/h1,3H,4,6,8-9H2,2H3. The van der Waals surface area contributed by atoms with Gasteiger partial charge in [-0.15, -0.1) is 0 Å². The topological polar surface area (TPSA) is 0 Å². The van der Waals surface area contributed by atoms with Crippen LogP contribution in [0.1, 0.15) is 32.6 Å². The summed E-state index contributed by atoms with van der Waals surface area (Å²) in [6, 6.07) is 0. The second kappa shape index (κ2) is 7.30. The summed E-state index contributed by atoms with van der Waals surface area (Å²) in [4.78, 5) is 0. The summed E-state index contributed by atoms with van der Waals surface area (Å²) in [7, 11) is 0. The number of rotatable bonds is 3. The zero-order valence-electron chi connectivity index (χ0n) is 5.98. The van der Waals surface area contributed by atoms with Crippen molar-refractivity contribution in [1.82, 2.24) is 0 Å². The maximum atomic E-state index is 5.04. The lowest BCUT2D eigenvalue weighted by Crippen LogP contribution is -1.69. The Labute approximate surface area is 58.0 Å². The Balaban J connectivity index is 2.99. The molecule has 0 bridgehead atoms. The lowest BCUT2D eigenvalue weighted by Gasteiger charge is -1.86. The minimum Gasteiger partial charge on any atom is -0.0985 e. The quantitative estimate of drug-likeness (QED) is 0.397. The summed E-state index contributed by atoms with van der Waals surface area (Å²) in [5, 5.41) is 0. The summed E-state index contributed by atoms with van der Waals surface area (Å²) >= 11 is 0. The number of hydrogen-bond acceptors (Lipinski definition) is 0. The van der Waals surface area contributed by atoms with Crippen molar-refractivity contribution < 1.29 is 0 Å². The van der Waals surface area contributed by atoms with Crippen molar-refractivity contribution in [1.29, 1.82) is 0 Å². The van der Waals surface area contributed by atoms with Gasteiger partial charge in [0.15, 0.2) is 0 Å². The third-order valence-corrected chi connectivity index (χ3v) is 1.09. The van der Waals surface area contributed by atoms with Crippen molar-refractivity contribution in [2.45, 2.75) is 32.6 Å². The van der Waals surface area contributed by atoms with Gasteiger partial charge in [-0.3, -0.25) is 0 Å². The molecule has 0 aromatic heterocycles. The highest BCUT2D eigenvalue weighted by molar-refractivity contribution is 5.10. The smallest absolute Gasteiger partial charge is 0.00922 e. The lowest BCUT2D eigenvalue weighted by molar-refractivity contribution is 0.737. The second-order valence-corrected chi connectivity index (χ2v) is 1.94. The molecule has 0 aliphatic carbocycles. The van der Waals surface area contributed by atoms with Crippen molar-refractivity contribution in [3.8, 4) is 11.8 Å². The van der Waals surface area contributed by atoms with Crippen LogP contribution in [-0.2, 0) is 0 Å². The number of unbranched alkanes of at least 4 members (excludes halogenated alkanes) is 3. The van der Waals surface area contributed by atoms with Gasteiger partial charge in [0.05, 0.1) is 0 Å². The molecule has 0 amide bonds. The maximum Gasteiger partial charge on any atom is 0.00922 e. The van der Waals surface area contributed by atoms with E-state index in [-0.39, 0.29) is 0 Å². The first kappa shape index (κ1) is 8.30. The molecule has 0 aromatic rings. The Morgan fingerprint density at radius 2 is 2.22 bits per heavy atom. The van der Waals surface area contributed by atoms with Gasteiger partial charge in [-0.25, -0.2) is 0 Å². The second-order valence-electron chi connectivity index (χ2n) is 1.94. The SMILES string of the molecule is [CH]=CC#CCCCCC. The Kier molecular flexibility index (Phi) is 6.73. The predicted molar refractivity (Wildman–Crippen MR) is 40.8 cm³/mol. The molecule has 0 saturated carbocycles. The first-order valence-corrected chi connectivity index (χ1v) is 3.43. The first-order valence-electron chi connectivity index (χ1n) is 3.43. The molecule has 0 aromatic carbocycles. The van der Waals surface area contributed by atoms with Gasteiger partial charge in [-0.1, -0.05) is 38.2 Å². The van der Waals surface area contributed by atoms with Crippen LogP contribution in [0.25, 0.3) is 0 Å². The molecule has 0 spiro atoms. The Hall–Kier alpha value is -0.700. The fourth-order valence-electron chi connectivity index (χ4n) is 0.594. The Bertz CT molecular complexity index is 112. The van der Waals surface area contributed by atoms with Crippen LogP contribution in [-0.4, -0.2) is 0 Å². The third-order valence-electron chi connectivity index (χ3n) is 1.09. The fraction of sp³-hybridized carbons (Fsp3) is 0.556. The minimum atomic E-state index is 0.988. The summed E-state index contributed by atoms with van der Waals surface area (Å²) in [6.45, 7) is 7.23. The van der Waals surface area contributed by atoms with E-state index >= 15 is 0 Å². The highest BCUT2D eigenvalue weighted by Crippen LogP contribution is 1.96. The van der Waals surface area contributed by atoms with Gasteiger partial charge in [-0.05, 0) is 12.5 Å². The van der Waals surface area contributed by atoms with Crippen LogP contribution in [0, 0.1) is 18.4 Å². The van der Waals surface area contributed by atoms with E-state index in [2.05, 4.69) is 18.8 Å². The van der Waals surface area contributed by atoms with Gasteiger partial charge in [0.2, 0.25) is 0 Å². The zero-order chi connectivity index (χ0) is 6.95.